The lowest BCUT2D eigenvalue weighted by Gasteiger charge is -2.08. The van der Waals surface area contributed by atoms with Crippen molar-refractivity contribution in [1.82, 2.24) is 14.8 Å². The lowest BCUT2D eigenvalue weighted by atomic mass is 10.2. The Morgan fingerprint density at radius 2 is 2.33 bits per heavy atom. The number of halogens is 2. The molecule has 1 atom stereocenters. The van der Waals surface area contributed by atoms with E-state index in [4.69, 9.17) is 0 Å². The molecule has 1 amide bonds. The minimum absolute atomic E-state index is 0.233. The Balaban J connectivity index is 2.23. The van der Waals surface area contributed by atoms with Crippen LogP contribution < -0.4 is 5.32 Å². The molecule has 1 aromatic heterocycles. The number of carbonyl (C=O) groups is 1. The van der Waals surface area contributed by atoms with E-state index in [1.54, 1.807) is 13.0 Å². The van der Waals surface area contributed by atoms with Crippen molar-refractivity contribution < 1.29 is 9.18 Å². The Kier molecular flexibility index (Phi) is 3.71. The molecule has 5 nitrogen and oxygen atoms in total. The highest BCUT2D eigenvalue weighted by molar-refractivity contribution is 9.10. The maximum absolute atomic E-state index is 13.8. The SMILES string of the molecule is CC(Br)C(=O)Nc1ccc(-n2cncn2)c(F)c1. The Bertz CT molecular complexity index is 556. The summed E-state index contributed by atoms with van der Waals surface area (Å²) >= 11 is 3.13. The zero-order valence-electron chi connectivity index (χ0n) is 9.47. The number of benzene rings is 1. The molecule has 0 aliphatic carbocycles. The predicted molar refractivity (Wildman–Crippen MR) is 68.3 cm³/mol. The summed E-state index contributed by atoms with van der Waals surface area (Å²) in [7, 11) is 0. The number of alkyl halides is 1. The first kappa shape index (κ1) is 12.7. The number of nitrogens with one attached hydrogen (secondary N) is 1. The second-order valence-electron chi connectivity index (χ2n) is 3.61. The minimum atomic E-state index is -0.486. The van der Waals surface area contributed by atoms with E-state index < -0.39 is 5.82 Å². The van der Waals surface area contributed by atoms with E-state index in [-0.39, 0.29) is 16.4 Å². The van der Waals surface area contributed by atoms with E-state index in [1.165, 1.54) is 29.5 Å². The van der Waals surface area contributed by atoms with Crippen LogP contribution >= 0.6 is 15.9 Å². The summed E-state index contributed by atoms with van der Waals surface area (Å²) in [4.78, 5) is 14.8. The van der Waals surface area contributed by atoms with Gasteiger partial charge in [-0.05, 0) is 25.1 Å². The monoisotopic (exact) mass is 312 g/mol. The molecular weight excluding hydrogens is 303 g/mol. The largest absolute Gasteiger partial charge is 0.325 e. The zero-order valence-corrected chi connectivity index (χ0v) is 11.1. The van der Waals surface area contributed by atoms with Crippen LogP contribution in [-0.2, 0) is 4.79 Å². The fraction of sp³-hybridized carbons (Fsp3) is 0.182. The third-order valence-corrected chi connectivity index (χ3v) is 2.66. The summed E-state index contributed by atoms with van der Waals surface area (Å²) in [5.41, 5.74) is 0.671. The molecule has 0 radical (unpaired) electrons. The molecule has 2 aromatic rings. The van der Waals surface area contributed by atoms with Gasteiger partial charge in [-0.3, -0.25) is 4.79 Å². The van der Waals surface area contributed by atoms with Crippen LogP contribution in [-0.4, -0.2) is 25.5 Å². The highest BCUT2D eigenvalue weighted by Gasteiger charge is 2.11. The van der Waals surface area contributed by atoms with E-state index in [9.17, 15) is 9.18 Å². The average Bonchev–Trinajstić information content (AvgIpc) is 2.82. The van der Waals surface area contributed by atoms with E-state index in [2.05, 4.69) is 31.3 Å². The van der Waals surface area contributed by atoms with Gasteiger partial charge >= 0.3 is 0 Å². The standard InChI is InChI=1S/C11H10BrFN4O/c1-7(12)11(18)16-8-2-3-10(9(13)4-8)17-6-14-5-15-17/h2-7H,1H3,(H,16,18). The number of carbonyl (C=O) groups excluding carboxylic acids is 1. The normalized spacial score (nSPS) is 12.2. The molecule has 0 bridgehead atoms. The summed E-state index contributed by atoms with van der Waals surface area (Å²) < 4.78 is 15.1. The van der Waals surface area contributed by atoms with Crippen molar-refractivity contribution in [3.8, 4) is 5.69 Å². The first-order valence-electron chi connectivity index (χ1n) is 5.17. The topological polar surface area (TPSA) is 59.8 Å². The number of aromatic nitrogens is 3. The number of hydrogen-bond acceptors (Lipinski definition) is 3. The van der Waals surface area contributed by atoms with Gasteiger partial charge in [-0.2, -0.15) is 5.10 Å². The van der Waals surface area contributed by atoms with Gasteiger partial charge < -0.3 is 5.32 Å². The summed E-state index contributed by atoms with van der Waals surface area (Å²) in [5.74, 6) is -0.719. The van der Waals surface area contributed by atoms with E-state index in [0.717, 1.165) is 0 Å². The number of anilines is 1. The molecule has 0 fully saturated rings. The maximum Gasteiger partial charge on any atom is 0.237 e. The van der Waals surface area contributed by atoms with Crippen LogP contribution in [0.5, 0.6) is 0 Å². The Morgan fingerprint density at radius 1 is 1.56 bits per heavy atom. The third-order valence-electron chi connectivity index (χ3n) is 2.24. The van der Waals surface area contributed by atoms with Crippen molar-refractivity contribution in [2.45, 2.75) is 11.8 Å². The molecular formula is C11H10BrFN4O. The van der Waals surface area contributed by atoms with Crippen LogP contribution in [0.2, 0.25) is 0 Å². The third kappa shape index (κ3) is 2.73. The lowest BCUT2D eigenvalue weighted by molar-refractivity contribution is -0.115. The average molecular weight is 313 g/mol. The van der Waals surface area contributed by atoms with Crippen molar-refractivity contribution in [2.24, 2.45) is 0 Å². The van der Waals surface area contributed by atoms with Crippen LogP contribution in [0.15, 0.2) is 30.9 Å². The van der Waals surface area contributed by atoms with Gasteiger partial charge in [0.25, 0.3) is 0 Å². The molecule has 0 saturated heterocycles. The van der Waals surface area contributed by atoms with Crippen LogP contribution in [0.4, 0.5) is 10.1 Å². The second-order valence-corrected chi connectivity index (χ2v) is 4.99. The molecule has 1 heterocycles. The number of rotatable bonds is 3. The van der Waals surface area contributed by atoms with Gasteiger partial charge in [-0.25, -0.2) is 14.1 Å². The fourth-order valence-electron chi connectivity index (χ4n) is 1.34. The molecule has 0 spiro atoms. The Morgan fingerprint density at radius 3 is 2.89 bits per heavy atom. The highest BCUT2D eigenvalue weighted by atomic mass is 79.9. The molecule has 1 N–H and O–H groups in total. The first-order valence-corrected chi connectivity index (χ1v) is 6.09. The quantitative estimate of drug-likeness (QED) is 0.883. The summed E-state index contributed by atoms with van der Waals surface area (Å²) in [6, 6.07) is 4.37. The second kappa shape index (κ2) is 5.26. The van der Waals surface area contributed by atoms with E-state index in [0.29, 0.717) is 5.69 Å². The molecule has 1 unspecified atom stereocenters. The fourth-order valence-corrected chi connectivity index (χ4v) is 1.46. The molecule has 18 heavy (non-hydrogen) atoms. The molecule has 2 rings (SSSR count). The number of hydrogen-bond donors (Lipinski definition) is 1. The molecule has 0 saturated carbocycles. The van der Waals surface area contributed by atoms with Crippen LogP contribution in [0, 0.1) is 5.82 Å². The maximum atomic E-state index is 13.8. The summed E-state index contributed by atoms with van der Waals surface area (Å²) in [6.45, 7) is 1.69. The van der Waals surface area contributed by atoms with Crippen molar-refractivity contribution in [3.63, 3.8) is 0 Å². The van der Waals surface area contributed by atoms with Crippen molar-refractivity contribution >= 4 is 27.5 Å². The molecule has 0 aliphatic rings. The van der Waals surface area contributed by atoms with Crippen LogP contribution in [0.1, 0.15) is 6.92 Å². The minimum Gasteiger partial charge on any atom is -0.325 e. The van der Waals surface area contributed by atoms with Gasteiger partial charge in [-0.15, -0.1) is 0 Å². The van der Waals surface area contributed by atoms with Gasteiger partial charge in [-0.1, -0.05) is 15.9 Å². The predicted octanol–water partition coefficient (Wildman–Crippen LogP) is 2.13. The molecule has 94 valence electrons. The smallest absolute Gasteiger partial charge is 0.237 e. The van der Waals surface area contributed by atoms with Crippen molar-refractivity contribution in [2.75, 3.05) is 5.32 Å². The molecule has 1 aromatic carbocycles. The Labute approximate surface area is 111 Å². The van der Waals surface area contributed by atoms with Gasteiger partial charge in [0.2, 0.25) is 5.91 Å². The van der Waals surface area contributed by atoms with Crippen LogP contribution in [0.3, 0.4) is 0 Å². The van der Waals surface area contributed by atoms with Gasteiger partial charge in [0, 0.05) is 5.69 Å². The summed E-state index contributed by atoms with van der Waals surface area (Å²) in [5, 5.41) is 6.42. The van der Waals surface area contributed by atoms with Gasteiger partial charge in [0.1, 0.15) is 18.3 Å². The van der Waals surface area contributed by atoms with E-state index in [1.807, 2.05) is 0 Å². The highest BCUT2D eigenvalue weighted by Crippen LogP contribution is 2.17. The zero-order chi connectivity index (χ0) is 13.1. The van der Waals surface area contributed by atoms with Gasteiger partial charge in [0.05, 0.1) is 4.83 Å². The van der Waals surface area contributed by atoms with E-state index >= 15 is 0 Å². The van der Waals surface area contributed by atoms with Crippen molar-refractivity contribution in [3.05, 3.63) is 36.7 Å². The lowest BCUT2D eigenvalue weighted by Crippen LogP contribution is -2.20. The molecule has 0 aliphatic heterocycles. The Hall–Kier alpha value is -1.76. The van der Waals surface area contributed by atoms with Crippen molar-refractivity contribution in [1.29, 1.82) is 0 Å². The first-order chi connectivity index (χ1) is 8.58. The number of nitrogens with zero attached hydrogens (tertiary/aromatic N) is 3. The molecule has 7 heteroatoms. The number of amides is 1. The summed E-state index contributed by atoms with van der Waals surface area (Å²) in [6.07, 6.45) is 2.72. The van der Waals surface area contributed by atoms with Crippen LogP contribution in [0.25, 0.3) is 5.69 Å². The van der Waals surface area contributed by atoms with Gasteiger partial charge in [0.15, 0.2) is 5.82 Å².